The predicted molar refractivity (Wildman–Crippen MR) is 286 cm³/mol. The number of esters is 1. The fourth-order valence-electron chi connectivity index (χ4n) is 9.25. The molecule has 0 saturated heterocycles. The molecule has 2 atom stereocenters. The van der Waals surface area contributed by atoms with E-state index >= 15 is 0 Å². The maximum absolute atomic E-state index is 13.1. The highest BCUT2D eigenvalue weighted by atomic mass is 16.6. The number of Topliss-reactive ketones (excluding diaryl/α,β-unsaturated/α-hetero) is 1. The number of hydrogen-bond acceptors (Lipinski definition) is 11. The molecule has 4 aromatic rings. The molecule has 0 saturated carbocycles. The van der Waals surface area contributed by atoms with Crippen LogP contribution in [0.15, 0.2) is 110 Å². The van der Waals surface area contributed by atoms with E-state index in [-0.39, 0.29) is 43.4 Å². The first-order valence-corrected chi connectivity index (χ1v) is 26.6. The minimum atomic E-state index is -1.03. The van der Waals surface area contributed by atoms with E-state index in [4.69, 9.17) is 28.4 Å². The van der Waals surface area contributed by atoms with Crippen LogP contribution in [0.5, 0.6) is 0 Å². The van der Waals surface area contributed by atoms with Gasteiger partial charge in [-0.2, -0.15) is 0 Å². The first-order chi connectivity index (χ1) is 36.2. The van der Waals surface area contributed by atoms with Crippen molar-refractivity contribution < 1.29 is 57.5 Å². The molecule has 2 aliphatic rings. The third kappa shape index (κ3) is 19.2. The van der Waals surface area contributed by atoms with Gasteiger partial charge in [0.1, 0.15) is 25.9 Å². The number of benzene rings is 4. The minimum absolute atomic E-state index is 0.0242. The molecule has 0 spiro atoms. The van der Waals surface area contributed by atoms with E-state index in [2.05, 4.69) is 67.5 Å². The summed E-state index contributed by atoms with van der Waals surface area (Å²) in [5.74, 6) is -1.27. The zero-order valence-electron chi connectivity index (χ0n) is 43.5. The topological polar surface area (TPSA) is 185 Å². The van der Waals surface area contributed by atoms with Gasteiger partial charge in [-0.1, -0.05) is 162 Å². The van der Waals surface area contributed by atoms with E-state index in [0.717, 1.165) is 91.2 Å². The number of ketones is 1. The van der Waals surface area contributed by atoms with E-state index in [0.29, 0.717) is 71.7 Å². The number of hydrogen-bond donors (Lipinski definition) is 3. The number of aliphatic carboxylic acids is 1. The Bertz CT molecular complexity index is 2280. The third-order valence-corrected chi connectivity index (χ3v) is 13.1. The zero-order chi connectivity index (χ0) is 52.8. The Balaban J connectivity index is 0.000000316. The molecule has 4 aromatic carbocycles. The minimum Gasteiger partial charge on any atom is -0.480 e. The number of carboxylic acids is 1. The number of carbonyl (C=O) groups excluding carboxylic acids is 4. The molecule has 0 bridgehead atoms. The summed E-state index contributed by atoms with van der Waals surface area (Å²) in [6.07, 6.45) is 10.7. The SMILES string of the molecule is C=CCOC(=O)CCCCOCCOCCOCCCCC(=O)[C@H](CCCCC)NC(=O)OCC1c2ccccc2-c2ccccc21.CCCCC[C@H](NC(=O)OCC1c2ccccc2-c2ccccc21)C(=O)O. The molecule has 0 radical (unpaired) electrons. The molecular weight excluding hydrogens is 941 g/mol. The normalized spacial score (nSPS) is 12.9. The summed E-state index contributed by atoms with van der Waals surface area (Å²) in [5.41, 5.74) is 9.24. The van der Waals surface area contributed by atoms with Gasteiger partial charge in [0.15, 0.2) is 5.78 Å². The van der Waals surface area contributed by atoms with Gasteiger partial charge in [-0.3, -0.25) is 9.59 Å². The van der Waals surface area contributed by atoms with Crippen molar-refractivity contribution in [3.8, 4) is 22.3 Å². The van der Waals surface area contributed by atoms with Gasteiger partial charge in [0.2, 0.25) is 0 Å². The molecule has 0 heterocycles. The maximum Gasteiger partial charge on any atom is 0.407 e. The summed E-state index contributed by atoms with van der Waals surface area (Å²) < 4.78 is 32.7. The van der Waals surface area contributed by atoms with E-state index < -0.39 is 30.2 Å². The monoisotopic (exact) mass is 1020 g/mol. The fourth-order valence-corrected chi connectivity index (χ4v) is 9.25. The van der Waals surface area contributed by atoms with Crippen LogP contribution >= 0.6 is 0 Å². The van der Waals surface area contributed by atoms with Crippen LogP contribution in [0.2, 0.25) is 0 Å². The summed E-state index contributed by atoms with van der Waals surface area (Å²) in [6.45, 7) is 11.4. The Labute approximate surface area is 437 Å². The molecule has 2 aliphatic carbocycles. The average molecular weight is 1020 g/mol. The van der Waals surface area contributed by atoms with Gasteiger partial charge < -0.3 is 44.2 Å². The number of rotatable bonds is 34. The van der Waals surface area contributed by atoms with E-state index in [1.807, 2.05) is 60.7 Å². The summed E-state index contributed by atoms with van der Waals surface area (Å²) in [5, 5.41) is 14.6. The molecule has 0 aromatic heterocycles. The highest BCUT2D eigenvalue weighted by molar-refractivity contribution is 5.87. The first-order valence-electron chi connectivity index (χ1n) is 26.6. The second-order valence-corrected chi connectivity index (χ2v) is 18.6. The Morgan fingerprint density at radius 2 is 0.905 bits per heavy atom. The van der Waals surface area contributed by atoms with Crippen molar-refractivity contribution in [2.75, 3.05) is 59.5 Å². The number of alkyl carbamates (subject to hydrolysis) is 2. The Hall–Kier alpha value is -6.35. The smallest absolute Gasteiger partial charge is 0.407 e. The van der Waals surface area contributed by atoms with Crippen LogP contribution in [0, 0.1) is 0 Å². The molecule has 74 heavy (non-hydrogen) atoms. The lowest BCUT2D eigenvalue weighted by molar-refractivity contribution is -0.142. The summed E-state index contributed by atoms with van der Waals surface area (Å²) >= 11 is 0. The van der Waals surface area contributed by atoms with Crippen LogP contribution in [-0.4, -0.2) is 107 Å². The van der Waals surface area contributed by atoms with E-state index in [1.165, 1.54) is 11.1 Å². The maximum atomic E-state index is 13.1. The van der Waals surface area contributed by atoms with Crippen LogP contribution in [-0.2, 0) is 42.8 Å². The van der Waals surface area contributed by atoms with Crippen molar-refractivity contribution in [2.24, 2.45) is 0 Å². The van der Waals surface area contributed by atoms with Gasteiger partial charge in [-0.25, -0.2) is 14.4 Å². The molecule has 3 N–H and O–H groups in total. The lowest BCUT2D eigenvalue weighted by Crippen LogP contribution is -2.41. The van der Waals surface area contributed by atoms with Crippen LogP contribution in [0.1, 0.15) is 138 Å². The Morgan fingerprint density at radius 3 is 1.32 bits per heavy atom. The Kier molecular flexibility index (Phi) is 26.5. The lowest BCUT2D eigenvalue weighted by atomic mass is 9.98. The number of carboxylic acid groups (broad SMARTS) is 1. The number of amides is 2. The van der Waals surface area contributed by atoms with Crippen molar-refractivity contribution in [1.82, 2.24) is 10.6 Å². The molecule has 0 unspecified atom stereocenters. The second kappa shape index (κ2) is 33.5. The summed E-state index contributed by atoms with van der Waals surface area (Å²) in [6, 6.07) is 31.2. The largest absolute Gasteiger partial charge is 0.480 e. The first kappa shape index (κ1) is 58.5. The molecule has 2 amide bonds. The van der Waals surface area contributed by atoms with E-state index in [9.17, 15) is 29.1 Å². The van der Waals surface area contributed by atoms with Gasteiger partial charge in [0, 0.05) is 37.9 Å². The van der Waals surface area contributed by atoms with Crippen molar-refractivity contribution in [2.45, 2.75) is 128 Å². The zero-order valence-corrected chi connectivity index (χ0v) is 43.5. The predicted octanol–water partition coefficient (Wildman–Crippen LogP) is 11.7. The quantitative estimate of drug-likeness (QED) is 0.0174. The molecule has 14 nitrogen and oxygen atoms in total. The van der Waals surface area contributed by atoms with Crippen LogP contribution in [0.25, 0.3) is 22.3 Å². The van der Waals surface area contributed by atoms with Crippen molar-refractivity contribution in [3.63, 3.8) is 0 Å². The van der Waals surface area contributed by atoms with Crippen LogP contribution < -0.4 is 10.6 Å². The molecular formula is C60H78N2O12. The van der Waals surface area contributed by atoms with Gasteiger partial charge in [-0.05, 0) is 83.0 Å². The molecule has 14 heteroatoms. The van der Waals surface area contributed by atoms with Crippen molar-refractivity contribution >= 4 is 29.9 Å². The molecule has 400 valence electrons. The van der Waals surface area contributed by atoms with Gasteiger partial charge in [0.05, 0.1) is 32.5 Å². The van der Waals surface area contributed by atoms with Crippen LogP contribution in [0.4, 0.5) is 9.59 Å². The van der Waals surface area contributed by atoms with Crippen LogP contribution in [0.3, 0.4) is 0 Å². The number of fused-ring (bicyclic) bond motifs is 6. The number of unbranched alkanes of at least 4 members (excludes halogenated alkanes) is 6. The highest BCUT2D eigenvalue weighted by Gasteiger charge is 2.31. The summed E-state index contributed by atoms with van der Waals surface area (Å²) in [4.78, 5) is 60.9. The molecule has 0 aliphatic heterocycles. The number of ether oxygens (including phenoxy) is 6. The third-order valence-electron chi connectivity index (χ3n) is 13.1. The lowest BCUT2D eigenvalue weighted by Gasteiger charge is -2.19. The average Bonchev–Trinajstić information content (AvgIpc) is 3.91. The van der Waals surface area contributed by atoms with E-state index in [1.54, 1.807) is 6.08 Å². The standard InChI is InChI=1S/C38H53NO8.C22H25NO4/c1-3-5-6-19-35(39-38(42)47-29-34-32-17-9-7-15-30(32)31-16-8-10-18-33(31)34)36(40)20-11-13-23-43-25-27-45-28-26-44-24-14-12-21-37(41)46-22-4-2;1-2-3-4-13-20(21(24)25)23-22(26)27-14-19-17-11-7-5-9-15(17)16-10-6-8-12-18(16)19/h4,7-10,15-18,34-35H,2-3,5-6,11-14,19-29H2,1H3,(H,39,42);5-12,19-20H,2-4,13-14H2,1H3,(H,23,26)(H,24,25)/t35-;20-/m00/s1. The number of carbonyl (C=O) groups is 5. The molecule has 6 rings (SSSR count). The van der Waals surface area contributed by atoms with Gasteiger partial charge >= 0.3 is 24.1 Å². The molecule has 0 fully saturated rings. The van der Waals surface area contributed by atoms with Crippen molar-refractivity contribution in [1.29, 1.82) is 0 Å². The second-order valence-electron chi connectivity index (χ2n) is 18.6. The fraction of sp³-hybridized carbons (Fsp3) is 0.483. The highest BCUT2D eigenvalue weighted by Crippen LogP contribution is 2.45. The number of nitrogens with one attached hydrogen (secondary N) is 2. The Morgan fingerprint density at radius 1 is 0.514 bits per heavy atom. The van der Waals surface area contributed by atoms with Crippen molar-refractivity contribution in [3.05, 3.63) is 132 Å². The summed E-state index contributed by atoms with van der Waals surface area (Å²) in [7, 11) is 0. The van der Waals surface area contributed by atoms with Gasteiger partial charge in [-0.15, -0.1) is 0 Å². The van der Waals surface area contributed by atoms with Gasteiger partial charge in [0.25, 0.3) is 0 Å².